The van der Waals surface area contributed by atoms with E-state index in [0.717, 1.165) is 22.2 Å². The van der Waals surface area contributed by atoms with Gasteiger partial charge in [0.1, 0.15) is 0 Å². The van der Waals surface area contributed by atoms with Gasteiger partial charge < -0.3 is 10.1 Å². The molecule has 2 aromatic heterocycles. The third-order valence-electron chi connectivity index (χ3n) is 3.06. The van der Waals surface area contributed by atoms with E-state index < -0.39 is 6.09 Å². The third kappa shape index (κ3) is 2.79. The highest BCUT2D eigenvalue weighted by Gasteiger charge is 2.46. The van der Waals surface area contributed by atoms with Gasteiger partial charge in [0, 0.05) is 6.20 Å². The van der Waals surface area contributed by atoms with Crippen molar-refractivity contribution in [2.75, 3.05) is 0 Å². The van der Waals surface area contributed by atoms with Crippen molar-refractivity contribution in [1.82, 2.24) is 10.3 Å². The molecule has 0 radical (unpaired) electrons. The molecular formula is C13H11BrN2O2S. The highest BCUT2D eigenvalue weighted by molar-refractivity contribution is 9.11. The second-order valence-electron chi connectivity index (χ2n) is 4.42. The zero-order valence-electron chi connectivity index (χ0n) is 9.93. The van der Waals surface area contributed by atoms with Crippen LogP contribution in [0.2, 0.25) is 0 Å². The molecule has 0 bridgehead atoms. The molecule has 0 aromatic carbocycles. The molecule has 0 unspecified atom stereocenters. The lowest BCUT2D eigenvalue weighted by Crippen LogP contribution is -2.36. The SMILES string of the molecule is O=C(NC1(c2csc(Br)c2)CC1)Oc1cccnc1. The summed E-state index contributed by atoms with van der Waals surface area (Å²) in [6, 6.07) is 5.47. The molecule has 0 aliphatic heterocycles. The van der Waals surface area contributed by atoms with Crippen molar-refractivity contribution in [1.29, 1.82) is 0 Å². The second kappa shape index (κ2) is 4.94. The van der Waals surface area contributed by atoms with E-state index in [1.807, 2.05) is 6.07 Å². The standard InChI is InChI=1S/C13H11BrN2O2S/c14-11-6-9(8-19-11)13(3-4-13)16-12(17)18-10-2-1-5-15-7-10/h1-2,5-8H,3-4H2,(H,16,17). The number of nitrogens with one attached hydrogen (secondary N) is 1. The molecule has 2 heterocycles. The number of carbonyl (C=O) groups is 1. The van der Waals surface area contributed by atoms with Crippen LogP contribution < -0.4 is 10.1 Å². The molecule has 1 fully saturated rings. The van der Waals surface area contributed by atoms with E-state index >= 15 is 0 Å². The fourth-order valence-electron chi connectivity index (χ4n) is 1.91. The maximum Gasteiger partial charge on any atom is 0.413 e. The smallest absolute Gasteiger partial charge is 0.409 e. The van der Waals surface area contributed by atoms with Gasteiger partial charge in [0.2, 0.25) is 0 Å². The molecule has 98 valence electrons. The molecule has 19 heavy (non-hydrogen) atoms. The first-order chi connectivity index (χ1) is 9.18. The Balaban J connectivity index is 1.67. The second-order valence-corrected chi connectivity index (χ2v) is 6.72. The Bertz CT molecular complexity index is 596. The number of aromatic nitrogens is 1. The normalized spacial score (nSPS) is 15.8. The van der Waals surface area contributed by atoms with Gasteiger partial charge in [0.15, 0.2) is 5.75 Å². The van der Waals surface area contributed by atoms with Crippen molar-refractivity contribution in [2.45, 2.75) is 18.4 Å². The predicted molar refractivity (Wildman–Crippen MR) is 76.3 cm³/mol. The number of hydrogen-bond acceptors (Lipinski definition) is 4. The summed E-state index contributed by atoms with van der Waals surface area (Å²) >= 11 is 5.06. The number of rotatable bonds is 3. The van der Waals surface area contributed by atoms with Crippen LogP contribution in [0.25, 0.3) is 0 Å². The first kappa shape index (κ1) is 12.6. The summed E-state index contributed by atoms with van der Waals surface area (Å²) < 4.78 is 6.26. The van der Waals surface area contributed by atoms with Crippen LogP contribution in [0.3, 0.4) is 0 Å². The molecule has 1 amide bonds. The zero-order chi connectivity index (χ0) is 13.3. The van der Waals surface area contributed by atoms with E-state index in [2.05, 4.69) is 31.6 Å². The maximum atomic E-state index is 11.9. The number of ether oxygens (including phenoxy) is 1. The Labute approximate surface area is 122 Å². The number of thiophene rings is 1. The summed E-state index contributed by atoms with van der Waals surface area (Å²) in [6.07, 6.45) is 4.60. The molecule has 1 aliphatic carbocycles. The Morgan fingerprint density at radius 1 is 1.53 bits per heavy atom. The average molecular weight is 339 g/mol. The van der Waals surface area contributed by atoms with Gasteiger partial charge in [-0.15, -0.1) is 11.3 Å². The molecule has 1 N–H and O–H groups in total. The van der Waals surface area contributed by atoms with Crippen LogP contribution in [-0.2, 0) is 5.54 Å². The molecular weight excluding hydrogens is 328 g/mol. The Morgan fingerprint density at radius 2 is 2.37 bits per heavy atom. The van der Waals surface area contributed by atoms with Crippen molar-refractivity contribution in [3.05, 3.63) is 45.3 Å². The van der Waals surface area contributed by atoms with Gasteiger partial charge in [-0.05, 0) is 57.9 Å². The van der Waals surface area contributed by atoms with Crippen LogP contribution in [0.15, 0.2) is 39.8 Å². The summed E-state index contributed by atoms with van der Waals surface area (Å²) in [6.45, 7) is 0. The Kier molecular flexibility index (Phi) is 3.28. The van der Waals surface area contributed by atoms with Crippen LogP contribution >= 0.6 is 27.3 Å². The van der Waals surface area contributed by atoms with Gasteiger partial charge in [0.25, 0.3) is 0 Å². The molecule has 4 nitrogen and oxygen atoms in total. The van der Waals surface area contributed by atoms with Crippen LogP contribution in [0, 0.1) is 0 Å². The molecule has 3 rings (SSSR count). The Hall–Kier alpha value is -1.40. The minimum absolute atomic E-state index is 0.248. The molecule has 0 saturated heterocycles. The van der Waals surface area contributed by atoms with Gasteiger partial charge in [-0.2, -0.15) is 0 Å². The molecule has 1 aliphatic rings. The highest BCUT2D eigenvalue weighted by atomic mass is 79.9. The lowest BCUT2D eigenvalue weighted by atomic mass is 10.1. The van der Waals surface area contributed by atoms with Gasteiger partial charge in [-0.1, -0.05) is 0 Å². The minimum Gasteiger partial charge on any atom is -0.409 e. The number of amides is 1. The maximum absolute atomic E-state index is 11.9. The van der Waals surface area contributed by atoms with Crippen LogP contribution in [0.5, 0.6) is 5.75 Å². The highest BCUT2D eigenvalue weighted by Crippen LogP contribution is 2.47. The zero-order valence-corrected chi connectivity index (χ0v) is 12.3. The Morgan fingerprint density at radius 3 is 2.95 bits per heavy atom. The summed E-state index contributed by atoms with van der Waals surface area (Å²) in [5.74, 6) is 0.447. The molecule has 6 heteroatoms. The van der Waals surface area contributed by atoms with Gasteiger partial charge >= 0.3 is 6.09 Å². The summed E-state index contributed by atoms with van der Waals surface area (Å²) in [5.41, 5.74) is 0.884. The lowest BCUT2D eigenvalue weighted by molar-refractivity contribution is 0.194. The van der Waals surface area contributed by atoms with Crippen LogP contribution in [0.1, 0.15) is 18.4 Å². The first-order valence-corrected chi connectivity index (χ1v) is 7.50. The van der Waals surface area contributed by atoms with Crippen molar-refractivity contribution >= 4 is 33.4 Å². The fraction of sp³-hybridized carbons (Fsp3) is 0.231. The van der Waals surface area contributed by atoms with E-state index in [0.29, 0.717) is 5.75 Å². The fourth-order valence-corrected chi connectivity index (χ4v) is 3.16. The number of carbonyl (C=O) groups excluding carboxylic acids is 1. The predicted octanol–water partition coefficient (Wildman–Crippen LogP) is 3.68. The van der Waals surface area contributed by atoms with Crippen molar-refractivity contribution in [3.8, 4) is 5.75 Å². The van der Waals surface area contributed by atoms with Gasteiger partial charge in [0.05, 0.1) is 15.5 Å². The number of pyridine rings is 1. The number of hydrogen-bond donors (Lipinski definition) is 1. The summed E-state index contributed by atoms with van der Waals surface area (Å²) in [7, 11) is 0. The molecule has 1 saturated carbocycles. The molecule has 0 spiro atoms. The summed E-state index contributed by atoms with van der Waals surface area (Å²) in [4.78, 5) is 15.8. The monoisotopic (exact) mass is 338 g/mol. The minimum atomic E-state index is -0.437. The number of nitrogens with zero attached hydrogens (tertiary/aromatic N) is 1. The topological polar surface area (TPSA) is 51.2 Å². The number of halogens is 1. The van der Waals surface area contributed by atoms with E-state index in [9.17, 15) is 4.79 Å². The van der Waals surface area contributed by atoms with Crippen LogP contribution in [-0.4, -0.2) is 11.1 Å². The van der Waals surface area contributed by atoms with Crippen molar-refractivity contribution in [3.63, 3.8) is 0 Å². The van der Waals surface area contributed by atoms with Gasteiger partial charge in [-0.25, -0.2) is 4.79 Å². The van der Waals surface area contributed by atoms with Crippen molar-refractivity contribution < 1.29 is 9.53 Å². The quantitative estimate of drug-likeness (QED) is 0.928. The third-order valence-corrected chi connectivity index (χ3v) is 4.56. The molecule has 0 atom stereocenters. The van der Waals surface area contributed by atoms with Crippen molar-refractivity contribution in [2.24, 2.45) is 0 Å². The lowest BCUT2D eigenvalue weighted by Gasteiger charge is -2.15. The largest absolute Gasteiger partial charge is 0.413 e. The van der Waals surface area contributed by atoms with E-state index in [4.69, 9.17) is 4.74 Å². The first-order valence-electron chi connectivity index (χ1n) is 5.82. The van der Waals surface area contributed by atoms with E-state index in [1.54, 1.807) is 29.7 Å². The average Bonchev–Trinajstić information content (AvgIpc) is 3.03. The van der Waals surface area contributed by atoms with Gasteiger partial charge in [-0.3, -0.25) is 4.98 Å². The van der Waals surface area contributed by atoms with E-state index in [1.165, 1.54) is 6.20 Å². The summed E-state index contributed by atoms with van der Waals surface area (Å²) in [5, 5.41) is 5.00. The van der Waals surface area contributed by atoms with Crippen LogP contribution in [0.4, 0.5) is 4.79 Å². The molecule has 2 aromatic rings. The van der Waals surface area contributed by atoms with E-state index in [-0.39, 0.29) is 5.54 Å².